The van der Waals surface area contributed by atoms with Gasteiger partial charge in [-0.15, -0.1) is 0 Å². The molecule has 1 aromatic carbocycles. The van der Waals surface area contributed by atoms with Crippen LogP contribution in [0.25, 0.3) is 0 Å². The van der Waals surface area contributed by atoms with Crippen LogP contribution in [-0.4, -0.2) is 25.0 Å². The van der Waals surface area contributed by atoms with Crippen molar-refractivity contribution in [3.63, 3.8) is 0 Å². The molecule has 98 valence electrons. The molecule has 3 N–H and O–H groups in total. The summed E-state index contributed by atoms with van der Waals surface area (Å²) in [6, 6.07) is 6.35. The molecule has 2 rings (SSSR count). The van der Waals surface area contributed by atoms with E-state index in [0.717, 1.165) is 31.6 Å². The summed E-state index contributed by atoms with van der Waals surface area (Å²) < 4.78 is 0. The topological polar surface area (TPSA) is 58.4 Å². The minimum Gasteiger partial charge on any atom is -0.399 e. The van der Waals surface area contributed by atoms with Crippen molar-refractivity contribution in [1.29, 1.82) is 0 Å². The molecule has 1 aliphatic heterocycles. The zero-order valence-electron chi connectivity index (χ0n) is 11.1. The quantitative estimate of drug-likeness (QED) is 0.782. The molecule has 1 amide bonds. The van der Waals surface area contributed by atoms with E-state index in [1.54, 1.807) is 6.92 Å². The molecular weight excluding hydrogens is 226 g/mol. The van der Waals surface area contributed by atoms with E-state index >= 15 is 0 Å². The third kappa shape index (κ3) is 2.94. The Labute approximate surface area is 108 Å². The van der Waals surface area contributed by atoms with Crippen molar-refractivity contribution in [2.45, 2.75) is 32.7 Å². The predicted octanol–water partition coefficient (Wildman–Crippen LogP) is 1.68. The van der Waals surface area contributed by atoms with Gasteiger partial charge in [0, 0.05) is 37.4 Å². The summed E-state index contributed by atoms with van der Waals surface area (Å²) in [6.07, 6.45) is 1.99. The van der Waals surface area contributed by atoms with Crippen molar-refractivity contribution in [2.75, 3.05) is 23.7 Å². The number of carbonyl (C=O) groups is 1. The number of nitrogens with one attached hydrogen (secondary N) is 1. The van der Waals surface area contributed by atoms with Gasteiger partial charge in [0.05, 0.1) is 0 Å². The van der Waals surface area contributed by atoms with Gasteiger partial charge in [-0.3, -0.25) is 4.79 Å². The molecule has 1 aliphatic rings. The summed E-state index contributed by atoms with van der Waals surface area (Å²) in [4.78, 5) is 13.4. The number of anilines is 2. The first-order valence-electron chi connectivity index (χ1n) is 6.44. The van der Waals surface area contributed by atoms with Crippen LogP contribution in [0.15, 0.2) is 18.2 Å². The Hall–Kier alpha value is -1.71. The maximum absolute atomic E-state index is 11.0. The predicted molar refractivity (Wildman–Crippen MR) is 74.6 cm³/mol. The molecule has 0 aromatic heterocycles. The largest absolute Gasteiger partial charge is 0.399 e. The molecule has 0 aliphatic carbocycles. The highest BCUT2D eigenvalue weighted by Crippen LogP contribution is 2.25. The van der Waals surface area contributed by atoms with Crippen LogP contribution in [0.3, 0.4) is 0 Å². The highest BCUT2D eigenvalue weighted by molar-refractivity contribution is 5.73. The number of carbonyl (C=O) groups excluding carboxylic acids is 1. The molecule has 4 heteroatoms. The number of hydrogen-bond acceptors (Lipinski definition) is 3. The Balaban J connectivity index is 2.01. The molecule has 4 nitrogen and oxygen atoms in total. The second-order valence-corrected chi connectivity index (χ2v) is 5.01. The van der Waals surface area contributed by atoms with E-state index in [1.807, 2.05) is 12.1 Å². The van der Waals surface area contributed by atoms with Gasteiger partial charge in [0.2, 0.25) is 5.91 Å². The van der Waals surface area contributed by atoms with Crippen LogP contribution in [0.4, 0.5) is 11.4 Å². The average Bonchev–Trinajstić information content (AvgIpc) is 2.33. The van der Waals surface area contributed by atoms with Gasteiger partial charge in [0.25, 0.3) is 0 Å². The van der Waals surface area contributed by atoms with Gasteiger partial charge in [-0.05, 0) is 37.5 Å². The van der Waals surface area contributed by atoms with Crippen LogP contribution in [0.2, 0.25) is 0 Å². The first-order valence-corrected chi connectivity index (χ1v) is 6.44. The standard InChI is InChI=1S/C14H21N3O/c1-10-3-4-12(15)9-14(10)17-7-5-13(6-8-17)16-11(2)18/h3-4,9,13H,5-8,15H2,1-2H3,(H,16,18). The summed E-state index contributed by atoms with van der Waals surface area (Å²) in [5, 5.41) is 2.99. The van der Waals surface area contributed by atoms with E-state index in [2.05, 4.69) is 23.2 Å². The molecular formula is C14H21N3O. The Morgan fingerprint density at radius 3 is 2.67 bits per heavy atom. The number of benzene rings is 1. The fraction of sp³-hybridized carbons (Fsp3) is 0.500. The third-order valence-electron chi connectivity index (χ3n) is 3.48. The lowest BCUT2D eigenvalue weighted by Crippen LogP contribution is -2.44. The van der Waals surface area contributed by atoms with E-state index in [9.17, 15) is 4.79 Å². The van der Waals surface area contributed by atoms with Crippen molar-refractivity contribution >= 4 is 17.3 Å². The number of nitrogen functional groups attached to an aromatic ring is 1. The van der Waals surface area contributed by atoms with Crippen molar-refractivity contribution < 1.29 is 4.79 Å². The van der Waals surface area contributed by atoms with Gasteiger partial charge in [-0.2, -0.15) is 0 Å². The lowest BCUT2D eigenvalue weighted by molar-refractivity contribution is -0.119. The van der Waals surface area contributed by atoms with E-state index < -0.39 is 0 Å². The van der Waals surface area contributed by atoms with E-state index in [4.69, 9.17) is 5.73 Å². The number of nitrogens with two attached hydrogens (primary N) is 1. The highest BCUT2D eigenvalue weighted by atomic mass is 16.1. The first-order chi connectivity index (χ1) is 8.56. The fourth-order valence-corrected chi connectivity index (χ4v) is 2.52. The number of nitrogens with zero attached hydrogens (tertiary/aromatic N) is 1. The number of rotatable bonds is 2. The molecule has 0 atom stereocenters. The van der Waals surface area contributed by atoms with Gasteiger partial charge in [0.1, 0.15) is 0 Å². The Morgan fingerprint density at radius 2 is 2.06 bits per heavy atom. The van der Waals surface area contributed by atoms with Crippen LogP contribution < -0.4 is 16.0 Å². The van der Waals surface area contributed by atoms with Crippen LogP contribution in [0, 0.1) is 6.92 Å². The number of hydrogen-bond donors (Lipinski definition) is 2. The van der Waals surface area contributed by atoms with E-state index in [1.165, 1.54) is 11.3 Å². The number of aryl methyl sites for hydroxylation is 1. The molecule has 1 fully saturated rings. The Bertz CT molecular complexity index is 437. The molecule has 0 unspecified atom stereocenters. The third-order valence-corrected chi connectivity index (χ3v) is 3.48. The van der Waals surface area contributed by atoms with Crippen molar-refractivity contribution in [2.24, 2.45) is 0 Å². The van der Waals surface area contributed by atoms with Crippen molar-refractivity contribution in [3.05, 3.63) is 23.8 Å². The van der Waals surface area contributed by atoms with Gasteiger partial charge in [-0.1, -0.05) is 6.07 Å². The molecule has 0 radical (unpaired) electrons. The number of piperidine rings is 1. The Morgan fingerprint density at radius 1 is 1.39 bits per heavy atom. The summed E-state index contributed by atoms with van der Waals surface area (Å²) >= 11 is 0. The first kappa shape index (κ1) is 12.7. The molecule has 0 bridgehead atoms. The zero-order chi connectivity index (χ0) is 13.1. The van der Waals surface area contributed by atoms with Gasteiger partial charge >= 0.3 is 0 Å². The molecule has 1 aromatic rings. The van der Waals surface area contributed by atoms with Crippen LogP contribution in [0.5, 0.6) is 0 Å². The minimum atomic E-state index is 0.0635. The van der Waals surface area contributed by atoms with Crippen molar-refractivity contribution in [3.8, 4) is 0 Å². The smallest absolute Gasteiger partial charge is 0.217 e. The highest BCUT2D eigenvalue weighted by Gasteiger charge is 2.20. The second-order valence-electron chi connectivity index (χ2n) is 5.01. The molecule has 1 saturated heterocycles. The summed E-state index contributed by atoms with van der Waals surface area (Å²) in [5.41, 5.74) is 9.12. The van der Waals surface area contributed by atoms with Gasteiger partial charge in [-0.25, -0.2) is 0 Å². The molecule has 0 spiro atoms. The average molecular weight is 247 g/mol. The molecule has 0 saturated carbocycles. The monoisotopic (exact) mass is 247 g/mol. The fourth-order valence-electron chi connectivity index (χ4n) is 2.52. The normalized spacial score (nSPS) is 16.7. The SMILES string of the molecule is CC(=O)NC1CCN(c2cc(N)ccc2C)CC1. The zero-order valence-corrected chi connectivity index (χ0v) is 11.1. The van der Waals surface area contributed by atoms with E-state index in [0.29, 0.717) is 6.04 Å². The van der Waals surface area contributed by atoms with Gasteiger partial charge < -0.3 is 16.0 Å². The summed E-state index contributed by atoms with van der Waals surface area (Å²) in [7, 11) is 0. The Kier molecular flexibility index (Phi) is 3.75. The van der Waals surface area contributed by atoms with Crippen LogP contribution in [0.1, 0.15) is 25.3 Å². The van der Waals surface area contributed by atoms with Crippen LogP contribution >= 0.6 is 0 Å². The molecule has 1 heterocycles. The lowest BCUT2D eigenvalue weighted by atomic mass is 10.0. The second kappa shape index (κ2) is 5.29. The summed E-state index contributed by atoms with van der Waals surface area (Å²) in [6.45, 7) is 5.62. The summed E-state index contributed by atoms with van der Waals surface area (Å²) in [5.74, 6) is 0.0635. The van der Waals surface area contributed by atoms with Crippen LogP contribution in [-0.2, 0) is 4.79 Å². The lowest BCUT2D eigenvalue weighted by Gasteiger charge is -2.34. The minimum absolute atomic E-state index is 0.0635. The molecule has 18 heavy (non-hydrogen) atoms. The number of amides is 1. The maximum atomic E-state index is 11.0. The maximum Gasteiger partial charge on any atom is 0.217 e. The van der Waals surface area contributed by atoms with Gasteiger partial charge in [0.15, 0.2) is 0 Å². The van der Waals surface area contributed by atoms with E-state index in [-0.39, 0.29) is 5.91 Å². The van der Waals surface area contributed by atoms with Crippen molar-refractivity contribution in [1.82, 2.24) is 5.32 Å².